The first-order valence-electron chi connectivity index (χ1n) is 9.77. The molecule has 156 valence electrons. The summed E-state index contributed by atoms with van der Waals surface area (Å²) < 4.78 is 1.29. The molecule has 3 amide bonds. The highest BCUT2D eigenvalue weighted by Crippen LogP contribution is 2.28. The summed E-state index contributed by atoms with van der Waals surface area (Å²) >= 11 is 1.53. The van der Waals surface area contributed by atoms with Crippen LogP contribution in [-0.2, 0) is 17.9 Å². The minimum Gasteiger partial charge on any atom is -0.334 e. The Hall–Kier alpha value is -3.78. The Bertz CT molecular complexity index is 1270. The van der Waals surface area contributed by atoms with Crippen LogP contribution in [0.5, 0.6) is 0 Å². The lowest BCUT2D eigenvalue weighted by atomic mass is 10.1. The van der Waals surface area contributed by atoms with Crippen LogP contribution in [-0.4, -0.2) is 21.7 Å². The molecule has 0 fully saturated rings. The van der Waals surface area contributed by atoms with E-state index >= 15 is 0 Å². The van der Waals surface area contributed by atoms with E-state index in [0.29, 0.717) is 17.6 Å². The molecule has 4 rings (SSSR count). The molecule has 2 aromatic carbocycles. The van der Waals surface area contributed by atoms with Crippen molar-refractivity contribution >= 4 is 34.0 Å². The van der Waals surface area contributed by atoms with Gasteiger partial charge in [-0.1, -0.05) is 54.6 Å². The van der Waals surface area contributed by atoms with E-state index in [0.717, 1.165) is 15.8 Å². The first-order valence-corrected chi connectivity index (χ1v) is 10.6. The van der Waals surface area contributed by atoms with Crippen LogP contribution >= 0.6 is 11.3 Å². The molecule has 8 heteroatoms. The van der Waals surface area contributed by atoms with E-state index in [4.69, 9.17) is 0 Å². The minimum atomic E-state index is -0.577. The molecule has 0 saturated heterocycles. The van der Waals surface area contributed by atoms with E-state index in [1.54, 1.807) is 12.1 Å². The number of hydrogen-bond donors (Lipinski definition) is 2. The van der Waals surface area contributed by atoms with Gasteiger partial charge in [-0.25, -0.2) is 9.48 Å². The summed E-state index contributed by atoms with van der Waals surface area (Å²) in [5.74, 6) is -0.481. The van der Waals surface area contributed by atoms with Gasteiger partial charge < -0.3 is 5.32 Å². The molecule has 0 unspecified atom stereocenters. The van der Waals surface area contributed by atoms with Crippen LogP contribution < -0.4 is 16.2 Å². The molecule has 0 aliphatic heterocycles. The molecule has 0 aliphatic rings. The van der Waals surface area contributed by atoms with Crippen LogP contribution in [0.2, 0.25) is 0 Å². The maximum Gasteiger partial charge on any atom is 0.321 e. The highest BCUT2D eigenvalue weighted by atomic mass is 32.1. The van der Waals surface area contributed by atoms with E-state index in [1.807, 2.05) is 60.0 Å². The number of aryl methyl sites for hydroxylation is 1. The molecule has 0 saturated carbocycles. The van der Waals surface area contributed by atoms with Crippen LogP contribution in [0.25, 0.3) is 21.3 Å². The molecule has 2 aromatic heterocycles. The van der Waals surface area contributed by atoms with E-state index in [-0.39, 0.29) is 18.5 Å². The number of urea groups is 1. The van der Waals surface area contributed by atoms with Gasteiger partial charge in [0.05, 0.1) is 16.8 Å². The van der Waals surface area contributed by atoms with Gasteiger partial charge in [-0.2, -0.15) is 5.10 Å². The molecule has 0 atom stereocenters. The van der Waals surface area contributed by atoms with Crippen molar-refractivity contribution in [2.24, 2.45) is 0 Å². The van der Waals surface area contributed by atoms with E-state index in [2.05, 4.69) is 15.7 Å². The number of carbonyl (C=O) groups excluding carboxylic acids is 2. The van der Waals surface area contributed by atoms with Gasteiger partial charge in [0.15, 0.2) is 0 Å². The van der Waals surface area contributed by atoms with E-state index < -0.39 is 11.9 Å². The zero-order valence-electron chi connectivity index (χ0n) is 16.6. The Kier molecular flexibility index (Phi) is 6.18. The Balaban J connectivity index is 1.44. The lowest BCUT2D eigenvalue weighted by Crippen LogP contribution is -2.39. The van der Waals surface area contributed by atoms with Gasteiger partial charge >= 0.3 is 6.03 Å². The van der Waals surface area contributed by atoms with Gasteiger partial charge in [0, 0.05) is 18.4 Å². The highest BCUT2D eigenvalue weighted by molar-refractivity contribution is 7.13. The van der Waals surface area contributed by atoms with Crippen LogP contribution in [0.4, 0.5) is 4.79 Å². The second kappa shape index (κ2) is 9.36. The van der Waals surface area contributed by atoms with Crippen LogP contribution in [0.3, 0.4) is 0 Å². The second-order valence-electron chi connectivity index (χ2n) is 6.87. The zero-order valence-corrected chi connectivity index (χ0v) is 17.4. The van der Waals surface area contributed by atoms with E-state index in [1.165, 1.54) is 16.0 Å². The van der Waals surface area contributed by atoms with Crippen molar-refractivity contribution < 1.29 is 9.59 Å². The van der Waals surface area contributed by atoms with Crippen molar-refractivity contribution in [3.63, 3.8) is 0 Å². The topological polar surface area (TPSA) is 93.1 Å². The molecule has 0 radical (unpaired) electrons. The summed E-state index contributed by atoms with van der Waals surface area (Å²) in [7, 11) is 0. The molecule has 0 aliphatic carbocycles. The number of amides is 3. The van der Waals surface area contributed by atoms with Gasteiger partial charge in [-0.05, 0) is 23.1 Å². The zero-order chi connectivity index (χ0) is 21.6. The number of rotatable bonds is 6. The van der Waals surface area contributed by atoms with Crippen molar-refractivity contribution in [3.8, 4) is 10.6 Å². The monoisotopic (exact) mass is 432 g/mol. The maximum atomic E-state index is 12.8. The number of nitrogens with one attached hydrogen (secondary N) is 2. The van der Waals surface area contributed by atoms with Gasteiger partial charge in [0.2, 0.25) is 5.91 Å². The molecule has 0 bridgehead atoms. The smallest absolute Gasteiger partial charge is 0.321 e. The van der Waals surface area contributed by atoms with Gasteiger partial charge in [-0.15, -0.1) is 11.3 Å². The summed E-state index contributed by atoms with van der Waals surface area (Å²) in [6.45, 7) is 0.385. The molecule has 7 nitrogen and oxygen atoms in total. The second-order valence-corrected chi connectivity index (χ2v) is 7.81. The predicted octanol–water partition coefficient (Wildman–Crippen LogP) is 3.54. The third-order valence-corrected chi connectivity index (χ3v) is 5.60. The molecule has 2 N–H and O–H groups in total. The van der Waals surface area contributed by atoms with Crippen molar-refractivity contribution in [2.45, 2.75) is 19.5 Å². The average Bonchev–Trinajstić information content (AvgIpc) is 3.33. The lowest BCUT2D eigenvalue weighted by molar-refractivity contribution is -0.120. The summed E-state index contributed by atoms with van der Waals surface area (Å²) in [5.41, 5.74) is 1.36. The van der Waals surface area contributed by atoms with Gasteiger partial charge in [-0.3, -0.25) is 14.9 Å². The number of benzene rings is 2. The summed E-state index contributed by atoms with van der Waals surface area (Å²) in [6.07, 6.45) is -0.0477. The Morgan fingerprint density at radius 2 is 1.68 bits per heavy atom. The summed E-state index contributed by atoms with van der Waals surface area (Å²) in [5, 5.41) is 12.7. The first-order chi connectivity index (χ1) is 15.1. The normalized spacial score (nSPS) is 10.7. The maximum absolute atomic E-state index is 12.8. The summed E-state index contributed by atoms with van der Waals surface area (Å²) in [4.78, 5) is 38.0. The minimum absolute atomic E-state index is 0.0477. The number of nitrogens with zero attached hydrogens (tertiary/aromatic N) is 2. The Morgan fingerprint density at radius 1 is 0.935 bits per heavy atom. The quantitative estimate of drug-likeness (QED) is 0.487. The number of carbonyl (C=O) groups is 2. The fourth-order valence-corrected chi connectivity index (χ4v) is 3.92. The van der Waals surface area contributed by atoms with Gasteiger partial charge in [0.25, 0.3) is 5.56 Å². The summed E-state index contributed by atoms with van der Waals surface area (Å²) in [6, 6.07) is 20.0. The van der Waals surface area contributed by atoms with Crippen LogP contribution in [0.1, 0.15) is 12.0 Å². The SMILES string of the molecule is O=C(CCn1nc(-c2cccs2)c2ccccc2c1=O)NC(=O)NCc1ccccc1. The Morgan fingerprint density at radius 3 is 2.42 bits per heavy atom. The van der Waals surface area contributed by atoms with Crippen molar-refractivity contribution in [1.82, 2.24) is 20.4 Å². The standard InChI is InChI=1S/C23H20N4O3S/c28-20(25-23(30)24-15-16-7-2-1-3-8-16)12-13-27-22(29)18-10-5-4-9-17(18)21(26-27)19-11-6-14-31-19/h1-11,14H,12-13,15H2,(H2,24,25,28,30). The Labute approximate surface area is 182 Å². The van der Waals surface area contributed by atoms with Crippen molar-refractivity contribution in [3.05, 3.63) is 88.0 Å². The fraction of sp³-hybridized carbons (Fsp3) is 0.130. The fourth-order valence-electron chi connectivity index (χ4n) is 3.20. The third kappa shape index (κ3) is 4.87. The lowest BCUT2D eigenvalue weighted by Gasteiger charge is -2.10. The van der Waals surface area contributed by atoms with Crippen molar-refractivity contribution in [1.29, 1.82) is 0 Å². The number of imide groups is 1. The van der Waals surface area contributed by atoms with E-state index in [9.17, 15) is 14.4 Å². The number of thiophene rings is 1. The van der Waals surface area contributed by atoms with Gasteiger partial charge in [0.1, 0.15) is 5.69 Å². The molecular formula is C23H20N4O3S. The molecular weight excluding hydrogens is 412 g/mol. The molecule has 4 aromatic rings. The molecule has 0 spiro atoms. The predicted molar refractivity (Wildman–Crippen MR) is 121 cm³/mol. The number of aromatic nitrogens is 2. The third-order valence-electron chi connectivity index (χ3n) is 4.72. The highest BCUT2D eigenvalue weighted by Gasteiger charge is 2.14. The number of hydrogen-bond acceptors (Lipinski definition) is 5. The number of fused-ring (bicyclic) bond motifs is 1. The first kappa shape index (κ1) is 20.5. The average molecular weight is 433 g/mol. The molecule has 2 heterocycles. The molecule has 31 heavy (non-hydrogen) atoms. The van der Waals surface area contributed by atoms with Crippen LogP contribution in [0.15, 0.2) is 76.9 Å². The largest absolute Gasteiger partial charge is 0.334 e. The van der Waals surface area contributed by atoms with Crippen LogP contribution in [0, 0.1) is 0 Å². The van der Waals surface area contributed by atoms with Crippen molar-refractivity contribution in [2.75, 3.05) is 0 Å².